The standard InChI is InChI=1S/C29H41N7O4S/c1-18(2)36-27-25(17-31-36)23(28(37)30-16-24-19(3)14-20(4)32-29(24)38)15-26(33-27)21-6-10-34(11-7-21)22-8-12-35(13-9-22)41(5,39)40/h14-15,17-18,21-22H,6-13,16H2,1-5H3,(H,30,37)(H,32,38). The minimum absolute atomic E-state index is 0.0829. The fraction of sp³-hybridized carbons (Fsp3) is 0.586. The van der Waals surface area contributed by atoms with Gasteiger partial charge in [-0.05, 0) is 84.2 Å². The lowest BCUT2D eigenvalue weighted by Gasteiger charge is -2.41. The van der Waals surface area contributed by atoms with Gasteiger partial charge in [0, 0.05) is 54.6 Å². The molecule has 2 aliphatic heterocycles. The molecule has 1 amide bonds. The average Bonchev–Trinajstić information content (AvgIpc) is 3.36. The van der Waals surface area contributed by atoms with Gasteiger partial charge >= 0.3 is 0 Å². The van der Waals surface area contributed by atoms with Crippen molar-refractivity contribution in [2.45, 2.75) is 77.9 Å². The predicted octanol–water partition coefficient (Wildman–Crippen LogP) is 2.85. The lowest BCUT2D eigenvalue weighted by atomic mass is 9.90. The molecule has 2 aliphatic rings. The Hall–Kier alpha value is -3.09. The monoisotopic (exact) mass is 583 g/mol. The molecule has 11 nitrogen and oxygen atoms in total. The van der Waals surface area contributed by atoms with Crippen LogP contribution in [0.4, 0.5) is 0 Å². The van der Waals surface area contributed by atoms with E-state index in [-0.39, 0.29) is 30.0 Å². The molecule has 2 N–H and O–H groups in total. The number of nitrogens with zero attached hydrogens (tertiary/aromatic N) is 5. The van der Waals surface area contributed by atoms with Crippen molar-refractivity contribution in [1.29, 1.82) is 0 Å². The van der Waals surface area contributed by atoms with E-state index in [9.17, 15) is 18.0 Å². The van der Waals surface area contributed by atoms with Crippen LogP contribution in [0.25, 0.3) is 11.0 Å². The van der Waals surface area contributed by atoms with Gasteiger partial charge < -0.3 is 15.2 Å². The molecule has 3 aromatic rings. The van der Waals surface area contributed by atoms with Crippen LogP contribution in [-0.2, 0) is 16.6 Å². The second-order valence-corrected chi connectivity index (χ2v) is 13.8. The first-order chi connectivity index (χ1) is 19.4. The minimum Gasteiger partial charge on any atom is -0.348 e. The Morgan fingerprint density at radius 2 is 1.78 bits per heavy atom. The highest BCUT2D eigenvalue weighted by Crippen LogP contribution is 2.32. The number of aromatic nitrogens is 4. The number of hydrogen-bond acceptors (Lipinski definition) is 7. The summed E-state index contributed by atoms with van der Waals surface area (Å²) >= 11 is 0. The molecule has 2 saturated heterocycles. The van der Waals surface area contributed by atoms with Gasteiger partial charge in [-0.1, -0.05) is 0 Å². The molecule has 5 heterocycles. The van der Waals surface area contributed by atoms with Gasteiger partial charge in [-0.25, -0.2) is 22.4 Å². The molecule has 2 fully saturated rings. The van der Waals surface area contributed by atoms with Crippen LogP contribution in [0.5, 0.6) is 0 Å². The van der Waals surface area contributed by atoms with Crippen LogP contribution in [-0.4, -0.2) is 81.8 Å². The molecule has 0 atom stereocenters. The van der Waals surface area contributed by atoms with Gasteiger partial charge in [0.1, 0.15) is 0 Å². The van der Waals surface area contributed by atoms with Crippen LogP contribution in [0.1, 0.15) is 84.4 Å². The number of sulfonamides is 1. The third kappa shape index (κ3) is 6.24. The first-order valence-corrected chi connectivity index (χ1v) is 16.3. The van der Waals surface area contributed by atoms with Crippen LogP contribution in [0, 0.1) is 13.8 Å². The van der Waals surface area contributed by atoms with Crippen LogP contribution >= 0.6 is 0 Å². The van der Waals surface area contributed by atoms with Crippen LogP contribution in [0.15, 0.2) is 23.1 Å². The zero-order valence-electron chi connectivity index (χ0n) is 24.6. The number of carbonyl (C=O) groups excluding carboxylic acids is 1. The molecule has 0 spiro atoms. The Morgan fingerprint density at radius 3 is 2.39 bits per heavy atom. The Morgan fingerprint density at radius 1 is 1.10 bits per heavy atom. The zero-order chi connectivity index (χ0) is 29.5. The predicted molar refractivity (Wildman–Crippen MR) is 159 cm³/mol. The van der Waals surface area contributed by atoms with Gasteiger partial charge in [0.2, 0.25) is 10.0 Å². The first kappa shape index (κ1) is 29.4. The van der Waals surface area contributed by atoms with E-state index >= 15 is 0 Å². The van der Waals surface area contributed by atoms with Crippen molar-refractivity contribution in [3.63, 3.8) is 0 Å². The normalized spacial score (nSPS) is 18.4. The Bertz CT molecular complexity index is 1600. The smallest absolute Gasteiger partial charge is 0.253 e. The molecule has 0 bridgehead atoms. The maximum atomic E-state index is 13.5. The van der Waals surface area contributed by atoms with Gasteiger partial charge in [-0.15, -0.1) is 0 Å². The Kier molecular flexibility index (Phi) is 8.36. The number of fused-ring (bicyclic) bond motifs is 1. The number of likely N-dealkylation sites (tertiary alicyclic amines) is 1. The number of piperidine rings is 2. The number of aromatic amines is 1. The van der Waals surface area contributed by atoms with E-state index in [4.69, 9.17) is 4.98 Å². The van der Waals surface area contributed by atoms with Crippen LogP contribution < -0.4 is 10.9 Å². The van der Waals surface area contributed by atoms with Crippen molar-refractivity contribution >= 4 is 27.0 Å². The third-order valence-corrected chi connectivity index (χ3v) is 9.90. The fourth-order valence-corrected chi connectivity index (χ4v) is 7.15. The second kappa shape index (κ2) is 11.7. The van der Waals surface area contributed by atoms with Gasteiger partial charge in [0.25, 0.3) is 11.5 Å². The molecule has 222 valence electrons. The van der Waals surface area contributed by atoms with E-state index in [0.717, 1.165) is 55.7 Å². The minimum atomic E-state index is -3.14. The summed E-state index contributed by atoms with van der Waals surface area (Å²) in [6, 6.07) is 4.28. The maximum Gasteiger partial charge on any atom is 0.253 e. The van der Waals surface area contributed by atoms with E-state index in [2.05, 4.69) is 20.3 Å². The summed E-state index contributed by atoms with van der Waals surface area (Å²) in [7, 11) is -3.14. The maximum absolute atomic E-state index is 13.5. The molecule has 0 saturated carbocycles. The number of rotatable bonds is 7. The van der Waals surface area contributed by atoms with Gasteiger partial charge in [0.15, 0.2) is 5.65 Å². The van der Waals surface area contributed by atoms with Gasteiger partial charge in [0.05, 0.1) is 23.4 Å². The highest BCUT2D eigenvalue weighted by Gasteiger charge is 2.32. The molecule has 12 heteroatoms. The first-order valence-electron chi connectivity index (χ1n) is 14.5. The lowest BCUT2D eigenvalue weighted by molar-refractivity contribution is 0.0952. The van der Waals surface area contributed by atoms with Crippen LogP contribution in [0.2, 0.25) is 0 Å². The quantitative estimate of drug-likeness (QED) is 0.437. The number of hydrogen-bond donors (Lipinski definition) is 2. The molecule has 5 rings (SSSR count). The summed E-state index contributed by atoms with van der Waals surface area (Å²) in [5.74, 6) is -0.0487. The van der Waals surface area contributed by atoms with E-state index in [1.165, 1.54) is 6.26 Å². The average molecular weight is 584 g/mol. The van der Waals surface area contributed by atoms with Crippen molar-refractivity contribution in [3.05, 3.63) is 56.8 Å². The molecule has 0 aliphatic carbocycles. The summed E-state index contributed by atoms with van der Waals surface area (Å²) in [4.78, 5) is 36.4. The summed E-state index contributed by atoms with van der Waals surface area (Å²) in [5.41, 5.74) is 4.09. The number of nitrogens with one attached hydrogen (secondary N) is 2. The number of aryl methyl sites for hydroxylation is 2. The Labute approximate surface area is 241 Å². The van der Waals surface area contributed by atoms with E-state index in [1.54, 1.807) is 10.5 Å². The molecule has 0 radical (unpaired) electrons. The number of pyridine rings is 2. The summed E-state index contributed by atoms with van der Waals surface area (Å²) in [6.07, 6.45) is 6.52. The van der Waals surface area contributed by atoms with Crippen molar-refractivity contribution in [2.75, 3.05) is 32.4 Å². The molecule has 0 unspecified atom stereocenters. The topological polar surface area (TPSA) is 133 Å². The van der Waals surface area contributed by atoms with Crippen LogP contribution in [0.3, 0.4) is 0 Å². The summed E-state index contributed by atoms with van der Waals surface area (Å²) < 4.78 is 27.2. The largest absolute Gasteiger partial charge is 0.348 e. The van der Waals surface area contributed by atoms with Gasteiger partial charge in [-0.2, -0.15) is 5.10 Å². The zero-order valence-corrected chi connectivity index (χ0v) is 25.4. The van der Waals surface area contributed by atoms with Crippen molar-refractivity contribution in [1.82, 2.24) is 34.3 Å². The molecule has 41 heavy (non-hydrogen) atoms. The van der Waals surface area contributed by atoms with E-state index < -0.39 is 10.0 Å². The molecule has 0 aromatic carbocycles. The summed E-state index contributed by atoms with van der Waals surface area (Å²) in [5, 5.41) is 8.20. The number of carbonyl (C=O) groups is 1. The highest BCUT2D eigenvalue weighted by atomic mass is 32.2. The lowest BCUT2D eigenvalue weighted by Crippen LogP contribution is -2.48. The number of H-pyrrole nitrogens is 1. The SMILES string of the molecule is Cc1cc(C)c(CNC(=O)c2cc(C3CCN(C4CCN(S(C)(=O)=O)CC4)CC3)nc3c2cnn3C(C)C)c(=O)[nH]1. The second-order valence-electron chi connectivity index (χ2n) is 11.8. The Balaban J connectivity index is 1.34. The summed E-state index contributed by atoms with van der Waals surface area (Å²) in [6.45, 7) is 10.9. The van der Waals surface area contributed by atoms with E-state index in [1.807, 2.05) is 44.5 Å². The third-order valence-electron chi connectivity index (χ3n) is 8.60. The molecular formula is C29H41N7O4S. The highest BCUT2D eigenvalue weighted by molar-refractivity contribution is 7.88. The molecule has 3 aromatic heterocycles. The van der Waals surface area contributed by atoms with E-state index in [0.29, 0.717) is 41.3 Å². The number of amides is 1. The van der Waals surface area contributed by atoms with Crippen molar-refractivity contribution in [2.24, 2.45) is 0 Å². The van der Waals surface area contributed by atoms with Crippen molar-refractivity contribution in [3.8, 4) is 0 Å². The van der Waals surface area contributed by atoms with Crippen molar-refractivity contribution < 1.29 is 13.2 Å². The fourth-order valence-electron chi connectivity index (χ4n) is 6.28. The molecular weight excluding hydrogens is 542 g/mol. The van der Waals surface area contributed by atoms with Gasteiger partial charge in [-0.3, -0.25) is 9.59 Å².